The van der Waals surface area contributed by atoms with E-state index in [0.717, 1.165) is 28.4 Å². The molecule has 1 N–H and O–H groups in total. The van der Waals surface area contributed by atoms with Crippen LogP contribution in [-0.4, -0.2) is 40.1 Å². The number of aromatic nitrogens is 1. The standard InChI is InChI=1S/C17H13Cl2N3O3S2/c1-27(24)14(19)11-3-4-12(25-11)15(23)21-17-7-22(17,8-17)16-20-10-6-9(18)2-5-13(10)26-16/h2-6,14H,7-8H2,1H3/p+1. The second-order valence-corrected chi connectivity index (χ2v) is 10.5. The Balaban J connectivity index is 1.33. The van der Waals surface area contributed by atoms with Crippen molar-refractivity contribution in [2.75, 3.05) is 19.3 Å². The summed E-state index contributed by atoms with van der Waals surface area (Å²) in [5.74, 6) is 0.202. The highest BCUT2D eigenvalue weighted by Crippen LogP contribution is 2.62. The summed E-state index contributed by atoms with van der Waals surface area (Å²) in [5, 5.41) is 4.70. The summed E-state index contributed by atoms with van der Waals surface area (Å²) >= 11 is 13.7. The summed E-state index contributed by atoms with van der Waals surface area (Å²) in [6.45, 7) is 1.63. The molecule has 6 nitrogen and oxygen atoms in total. The van der Waals surface area contributed by atoms with Gasteiger partial charge < -0.3 is 4.42 Å². The normalized spacial score (nSPS) is 27.8. The van der Waals surface area contributed by atoms with Crippen LogP contribution in [0.5, 0.6) is 0 Å². The number of hydrogen-bond acceptors (Lipinski definition) is 5. The molecule has 2 saturated heterocycles. The van der Waals surface area contributed by atoms with Crippen molar-refractivity contribution in [1.82, 2.24) is 14.8 Å². The molecule has 4 heterocycles. The second-order valence-electron chi connectivity index (χ2n) is 6.89. The van der Waals surface area contributed by atoms with E-state index >= 15 is 0 Å². The number of halogens is 2. The number of carbonyl (C=O) groups excluding carboxylic acids is 1. The van der Waals surface area contributed by atoms with Crippen LogP contribution in [0.3, 0.4) is 0 Å². The highest BCUT2D eigenvalue weighted by molar-refractivity contribution is 7.85. The molecule has 0 spiro atoms. The van der Waals surface area contributed by atoms with Gasteiger partial charge in [-0.05, 0) is 30.3 Å². The highest BCUT2D eigenvalue weighted by Gasteiger charge is 2.92. The number of fused-ring (bicyclic) bond motifs is 2. The quantitative estimate of drug-likeness (QED) is 0.372. The maximum Gasteiger partial charge on any atom is 0.292 e. The van der Waals surface area contributed by atoms with Gasteiger partial charge in [-0.1, -0.05) is 34.5 Å². The van der Waals surface area contributed by atoms with Gasteiger partial charge in [0.05, 0.1) is 10.2 Å². The van der Waals surface area contributed by atoms with Crippen LogP contribution in [0.15, 0.2) is 34.7 Å². The largest absolute Gasteiger partial charge is 0.453 e. The third-order valence-corrected chi connectivity index (χ3v) is 8.30. The van der Waals surface area contributed by atoms with E-state index in [1.807, 2.05) is 18.2 Å². The molecule has 2 fully saturated rings. The number of rotatable bonds is 5. The molecule has 1 amide bonds. The lowest BCUT2D eigenvalue weighted by molar-refractivity contribution is 0.0914. The maximum atomic E-state index is 12.6. The Labute approximate surface area is 171 Å². The SMILES string of the molecule is CS(=O)C(Cl)c1ccc(C(=O)NC23C[N+]2(c2nc4cc(Cl)ccc4s2)C3)o1. The molecule has 2 aromatic heterocycles. The van der Waals surface area contributed by atoms with Gasteiger partial charge in [-0.25, -0.2) is 4.48 Å². The summed E-state index contributed by atoms with van der Waals surface area (Å²) in [6.07, 6.45) is 1.49. The molecule has 27 heavy (non-hydrogen) atoms. The molecule has 1 aromatic carbocycles. The van der Waals surface area contributed by atoms with Crippen LogP contribution < -0.4 is 9.80 Å². The van der Waals surface area contributed by atoms with E-state index in [-0.39, 0.29) is 17.3 Å². The van der Waals surface area contributed by atoms with Gasteiger partial charge in [-0.2, -0.15) is 4.98 Å². The van der Waals surface area contributed by atoms with Gasteiger partial charge in [0.25, 0.3) is 16.7 Å². The molecule has 5 rings (SSSR count). The summed E-state index contributed by atoms with van der Waals surface area (Å²) < 4.78 is 17.9. The van der Waals surface area contributed by atoms with Crippen molar-refractivity contribution < 1.29 is 13.4 Å². The molecule has 0 radical (unpaired) electrons. The van der Waals surface area contributed by atoms with Crippen molar-refractivity contribution in [1.29, 1.82) is 0 Å². The Kier molecular flexibility index (Phi) is 3.77. The zero-order valence-electron chi connectivity index (χ0n) is 14.1. The number of hydrogen-bond donors (Lipinski definition) is 1. The molecule has 3 aromatic rings. The number of thiazole rings is 1. The Morgan fingerprint density at radius 3 is 2.93 bits per heavy atom. The van der Waals surface area contributed by atoms with E-state index in [4.69, 9.17) is 32.6 Å². The second kappa shape index (κ2) is 5.78. The number of carbonyl (C=O) groups is 1. The molecule has 2 aliphatic heterocycles. The van der Waals surface area contributed by atoms with Gasteiger partial charge in [-0.3, -0.25) is 14.3 Å². The molecule has 2 atom stereocenters. The Morgan fingerprint density at radius 1 is 1.41 bits per heavy atom. The number of amides is 1. The summed E-state index contributed by atoms with van der Waals surface area (Å²) in [5.41, 5.74) is 0.584. The van der Waals surface area contributed by atoms with Gasteiger partial charge in [0, 0.05) is 22.1 Å². The lowest BCUT2D eigenvalue weighted by atomic mass is 10.3. The minimum Gasteiger partial charge on any atom is -0.453 e. The maximum absolute atomic E-state index is 12.6. The van der Waals surface area contributed by atoms with Gasteiger partial charge >= 0.3 is 0 Å². The minimum absolute atomic E-state index is 0.170. The van der Waals surface area contributed by atoms with Crippen LogP contribution in [0.25, 0.3) is 10.2 Å². The average molecular weight is 443 g/mol. The Bertz CT molecular complexity index is 1120. The average Bonchev–Trinajstić information content (AvgIpc) is 3.19. The van der Waals surface area contributed by atoms with Gasteiger partial charge in [0.1, 0.15) is 5.76 Å². The van der Waals surface area contributed by atoms with Crippen molar-refractivity contribution in [3.63, 3.8) is 0 Å². The van der Waals surface area contributed by atoms with Crippen molar-refractivity contribution in [2.45, 2.75) is 10.4 Å². The Hall–Kier alpha value is -1.45. The molecule has 2 unspecified atom stereocenters. The highest BCUT2D eigenvalue weighted by atomic mass is 35.5. The van der Waals surface area contributed by atoms with Crippen LogP contribution in [0.1, 0.15) is 21.0 Å². The molecule has 0 bridgehead atoms. The van der Waals surface area contributed by atoms with Gasteiger partial charge in [-0.15, -0.1) is 0 Å². The number of nitrogens with one attached hydrogen (secondary N) is 1. The summed E-state index contributed by atoms with van der Waals surface area (Å²) in [6, 6.07) is 8.82. The molecule has 140 valence electrons. The Morgan fingerprint density at radius 2 is 2.19 bits per heavy atom. The van der Waals surface area contributed by atoms with Gasteiger partial charge in [0.2, 0.25) is 0 Å². The molecular formula is C17H14Cl2N3O3S2+. The van der Waals surface area contributed by atoms with Crippen molar-refractivity contribution in [3.8, 4) is 0 Å². The van der Waals surface area contributed by atoms with Crippen molar-refractivity contribution >= 4 is 66.6 Å². The zero-order chi connectivity index (χ0) is 19.0. The molecule has 10 heteroatoms. The molecule has 0 aliphatic carbocycles. The number of alkyl halides is 1. The third-order valence-electron chi connectivity index (χ3n) is 5.09. The number of furan rings is 1. The fourth-order valence-electron chi connectivity index (χ4n) is 3.39. The predicted molar refractivity (Wildman–Crippen MR) is 108 cm³/mol. The molecular weight excluding hydrogens is 429 g/mol. The van der Waals surface area contributed by atoms with E-state index in [0.29, 0.717) is 15.3 Å². The number of nitrogens with zero attached hydrogens (tertiary/aromatic N) is 2. The predicted octanol–water partition coefficient (Wildman–Crippen LogP) is 3.62. The first-order valence-corrected chi connectivity index (χ1v) is 11.4. The van der Waals surface area contributed by atoms with E-state index in [2.05, 4.69) is 5.32 Å². The smallest absolute Gasteiger partial charge is 0.292 e. The number of quaternary nitrogens is 1. The fourth-order valence-corrected chi connectivity index (χ4v) is 5.29. The van der Waals surface area contributed by atoms with Crippen LogP contribution in [0.2, 0.25) is 5.02 Å². The van der Waals surface area contributed by atoms with E-state index < -0.39 is 15.5 Å². The monoisotopic (exact) mass is 442 g/mol. The van der Waals surface area contributed by atoms with Crippen molar-refractivity contribution in [3.05, 3.63) is 46.9 Å². The summed E-state index contributed by atoms with van der Waals surface area (Å²) in [7, 11) is -1.28. The number of benzene rings is 1. The first kappa shape index (κ1) is 17.6. The van der Waals surface area contributed by atoms with Gasteiger partial charge in [0.15, 0.2) is 23.6 Å². The lowest BCUT2D eigenvalue weighted by Crippen LogP contribution is -2.33. The van der Waals surface area contributed by atoms with Crippen molar-refractivity contribution in [2.24, 2.45) is 0 Å². The first-order valence-electron chi connectivity index (χ1n) is 8.16. The van der Waals surface area contributed by atoms with Crippen LogP contribution in [-0.2, 0) is 10.8 Å². The van der Waals surface area contributed by atoms with E-state index in [1.54, 1.807) is 23.5 Å². The fraction of sp³-hybridized carbons (Fsp3) is 0.294. The van der Waals surface area contributed by atoms with E-state index in [9.17, 15) is 9.00 Å². The zero-order valence-corrected chi connectivity index (χ0v) is 17.2. The first-order chi connectivity index (χ1) is 12.8. The lowest BCUT2D eigenvalue weighted by Gasteiger charge is -2.01. The molecule has 2 aliphatic rings. The topological polar surface area (TPSA) is 72.2 Å². The minimum atomic E-state index is -1.28. The van der Waals surface area contributed by atoms with Crippen LogP contribution in [0, 0.1) is 0 Å². The molecule has 0 saturated carbocycles. The summed E-state index contributed by atoms with van der Waals surface area (Å²) in [4.78, 5) is 17.3. The third kappa shape index (κ3) is 2.66. The van der Waals surface area contributed by atoms with Crippen LogP contribution >= 0.6 is 34.5 Å². The van der Waals surface area contributed by atoms with E-state index in [1.165, 1.54) is 6.26 Å². The van der Waals surface area contributed by atoms with Crippen LogP contribution in [0.4, 0.5) is 5.13 Å².